The van der Waals surface area contributed by atoms with E-state index in [1.165, 1.54) is 12.1 Å². The molecule has 0 unspecified atom stereocenters. The van der Waals surface area contributed by atoms with E-state index in [0.29, 0.717) is 42.5 Å². The molecule has 0 saturated carbocycles. The number of carbonyl (C=O) groups excluding carboxylic acids is 2. The molecule has 5 nitrogen and oxygen atoms in total. The van der Waals surface area contributed by atoms with Crippen molar-refractivity contribution >= 4 is 40.7 Å². The van der Waals surface area contributed by atoms with E-state index in [9.17, 15) is 14.0 Å². The number of hydrogen-bond acceptors (Lipinski definition) is 3. The lowest BCUT2D eigenvalue weighted by atomic mass is 10.2. The first-order valence-electron chi connectivity index (χ1n) is 8.44. The van der Waals surface area contributed by atoms with Gasteiger partial charge in [0.25, 0.3) is 5.91 Å². The highest BCUT2D eigenvalue weighted by Gasteiger charge is 2.23. The molecule has 1 heterocycles. The topological polar surface area (TPSA) is 52.7 Å². The van der Waals surface area contributed by atoms with E-state index in [1.807, 2.05) is 4.90 Å². The summed E-state index contributed by atoms with van der Waals surface area (Å²) in [5.74, 6) is -0.741. The summed E-state index contributed by atoms with van der Waals surface area (Å²) in [6.45, 7) is 2.42. The largest absolute Gasteiger partial charge is 0.336 e. The average molecular weight is 410 g/mol. The third-order valence-corrected chi connectivity index (χ3v) is 4.89. The van der Waals surface area contributed by atoms with Gasteiger partial charge in [0.2, 0.25) is 5.91 Å². The van der Waals surface area contributed by atoms with Gasteiger partial charge in [0.1, 0.15) is 5.82 Å². The van der Waals surface area contributed by atoms with Gasteiger partial charge in [-0.25, -0.2) is 4.39 Å². The third-order valence-electron chi connectivity index (χ3n) is 4.32. The summed E-state index contributed by atoms with van der Waals surface area (Å²) in [6, 6.07) is 10.6. The number of halogens is 3. The van der Waals surface area contributed by atoms with Crippen LogP contribution in [0.5, 0.6) is 0 Å². The van der Waals surface area contributed by atoms with Gasteiger partial charge in [-0.15, -0.1) is 0 Å². The number of rotatable bonds is 4. The third kappa shape index (κ3) is 5.19. The Morgan fingerprint density at radius 3 is 2.30 bits per heavy atom. The quantitative estimate of drug-likeness (QED) is 0.839. The van der Waals surface area contributed by atoms with Crippen molar-refractivity contribution in [3.05, 3.63) is 63.9 Å². The molecule has 142 valence electrons. The highest BCUT2D eigenvalue weighted by molar-refractivity contribution is 6.33. The predicted octanol–water partition coefficient (Wildman–Crippen LogP) is 3.53. The molecule has 1 saturated heterocycles. The molecule has 8 heteroatoms. The molecule has 2 aromatic rings. The van der Waals surface area contributed by atoms with Gasteiger partial charge in [-0.1, -0.05) is 23.2 Å². The van der Waals surface area contributed by atoms with Crippen molar-refractivity contribution in [2.75, 3.05) is 38.0 Å². The Balaban J connectivity index is 1.49. The molecule has 0 bridgehead atoms. The molecular formula is C19H18Cl2FN3O2. The highest BCUT2D eigenvalue weighted by atomic mass is 35.5. The van der Waals surface area contributed by atoms with Gasteiger partial charge in [-0.3, -0.25) is 14.5 Å². The zero-order valence-electron chi connectivity index (χ0n) is 14.4. The second kappa shape index (κ2) is 8.69. The minimum atomic E-state index is -0.459. The van der Waals surface area contributed by atoms with Crippen molar-refractivity contribution in [1.82, 2.24) is 9.80 Å². The van der Waals surface area contributed by atoms with E-state index < -0.39 is 5.82 Å². The van der Waals surface area contributed by atoms with E-state index in [2.05, 4.69) is 5.32 Å². The number of amides is 2. The Bertz CT molecular complexity index is 837. The van der Waals surface area contributed by atoms with Crippen LogP contribution in [0.25, 0.3) is 0 Å². The van der Waals surface area contributed by atoms with E-state index in [0.717, 1.165) is 6.07 Å². The summed E-state index contributed by atoms with van der Waals surface area (Å²) < 4.78 is 13.1. The van der Waals surface area contributed by atoms with Crippen LogP contribution in [0, 0.1) is 5.82 Å². The van der Waals surface area contributed by atoms with E-state index >= 15 is 0 Å². The van der Waals surface area contributed by atoms with Crippen molar-refractivity contribution in [2.45, 2.75) is 0 Å². The fourth-order valence-electron chi connectivity index (χ4n) is 2.87. The maximum atomic E-state index is 13.1. The summed E-state index contributed by atoms with van der Waals surface area (Å²) in [4.78, 5) is 28.4. The molecule has 1 N–H and O–H groups in total. The molecule has 3 rings (SSSR count). The average Bonchev–Trinajstić information content (AvgIpc) is 2.65. The number of nitrogens with one attached hydrogen (secondary N) is 1. The van der Waals surface area contributed by atoms with Gasteiger partial charge in [0.15, 0.2) is 0 Å². The van der Waals surface area contributed by atoms with Crippen LogP contribution in [-0.2, 0) is 4.79 Å². The number of anilines is 1. The number of piperazine rings is 1. The van der Waals surface area contributed by atoms with Crippen LogP contribution in [0.1, 0.15) is 10.4 Å². The first-order chi connectivity index (χ1) is 12.9. The SMILES string of the molecule is O=C(CN1CCN(C(=O)c2ccc(Cl)cc2)CC1)Nc1ccc(F)cc1Cl. The van der Waals surface area contributed by atoms with Crippen molar-refractivity contribution in [3.8, 4) is 0 Å². The van der Waals surface area contributed by atoms with Crippen LogP contribution in [0.15, 0.2) is 42.5 Å². The lowest BCUT2D eigenvalue weighted by Crippen LogP contribution is -2.50. The van der Waals surface area contributed by atoms with Crippen molar-refractivity contribution in [2.24, 2.45) is 0 Å². The maximum Gasteiger partial charge on any atom is 0.253 e. The first kappa shape index (κ1) is 19.6. The Kier molecular flexibility index (Phi) is 6.31. The second-order valence-corrected chi connectivity index (χ2v) is 7.09. The summed E-state index contributed by atoms with van der Waals surface area (Å²) in [5.41, 5.74) is 0.969. The monoisotopic (exact) mass is 409 g/mol. The Labute approximate surface area is 166 Å². The van der Waals surface area contributed by atoms with Gasteiger partial charge < -0.3 is 10.2 Å². The molecule has 2 amide bonds. The summed E-state index contributed by atoms with van der Waals surface area (Å²) in [5, 5.41) is 3.42. The standard InChI is InChI=1S/C19H18Cl2FN3O2/c20-14-3-1-13(2-4-14)19(27)25-9-7-24(8-10-25)12-18(26)23-17-6-5-15(22)11-16(17)21/h1-6,11H,7-10,12H2,(H,23,26). The van der Waals surface area contributed by atoms with E-state index in [4.69, 9.17) is 23.2 Å². The van der Waals surface area contributed by atoms with Crippen LogP contribution < -0.4 is 5.32 Å². The lowest BCUT2D eigenvalue weighted by Gasteiger charge is -2.34. The van der Waals surface area contributed by atoms with Crippen LogP contribution in [0.4, 0.5) is 10.1 Å². The van der Waals surface area contributed by atoms with Gasteiger partial charge in [-0.2, -0.15) is 0 Å². The Hall–Kier alpha value is -2.15. The van der Waals surface area contributed by atoms with Crippen LogP contribution in [-0.4, -0.2) is 54.3 Å². The number of benzene rings is 2. The Morgan fingerprint density at radius 1 is 1.00 bits per heavy atom. The second-order valence-electron chi connectivity index (χ2n) is 6.25. The molecule has 1 fully saturated rings. The zero-order chi connectivity index (χ0) is 19.4. The minimum Gasteiger partial charge on any atom is -0.336 e. The molecule has 0 radical (unpaired) electrons. The molecule has 0 aliphatic carbocycles. The Morgan fingerprint density at radius 2 is 1.67 bits per heavy atom. The molecular weight excluding hydrogens is 392 g/mol. The molecule has 0 atom stereocenters. The lowest BCUT2D eigenvalue weighted by molar-refractivity contribution is -0.117. The number of hydrogen-bond donors (Lipinski definition) is 1. The first-order valence-corrected chi connectivity index (χ1v) is 9.20. The highest BCUT2D eigenvalue weighted by Crippen LogP contribution is 2.22. The van der Waals surface area contributed by atoms with Crippen LogP contribution >= 0.6 is 23.2 Å². The molecule has 2 aromatic carbocycles. The normalized spacial score (nSPS) is 14.9. The van der Waals surface area contributed by atoms with Crippen LogP contribution in [0.3, 0.4) is 0 Å². The smallest absolute Gasteiger partial charge is 0.253 e. The van der Waals surface area contributed by atoms with E-state index in [1.54, 1.807) is 29.2 Å². The van der Waals surface area contributed by atoms with E-state index in [-0.39, 0.29) is 23.4 Å². The fourth-order valence-corrected chi connectivity index (χ4v) is 3.21. The number of nitrogens with zero attached hydrogens (tertiary/aromatic N) is 2. The summed E-state index contributed by atoms with van der Waals surface area (Å²) in [6.07, 6.45) is 0. The molecule has 0 spiro atoms. The van der Waals surface area contributed by atoms with Gasteiger partial charge in [0, 0.05) is 36.8 Å². The molecule has 27 heavy (non-hydrogen) atoms. The van der Waals surface area contributed by atoms with Gasteiger partial charge in [0.05, 0.1) is 17.3 Å². The molecule has 0 aromatic heterocycles. The van der Waals surface area contributed by atoms with Crippen molar-refractivity contribution < 1.29 is 14.0 Å². The molecule has 1 aliphatic rings. The van der Waals surface area contributed by atoms with Crippen LogP contribution in [0.2, 0.25) is 10.0 Å². The minimum absolute atomic E-state index is 0.0473. The van der Waals surface area contributed by atoms with Crippen molar-refractivity contribution in [3.63, 3.8) is 0 Å². The number of carbonyl (C=O) groups is 2. The zero-order valence-corrected chi connectivity index (χ0v) is 15.9. The summed E-state index contributed by atoms with van der Waals surface area (Å²) >= 11 is 11.8. The fraction of sp³-hybridized carbons (Fsp3) is 0.263. The van der Waals surface area contributed by atoms with Crippen molar-refractivity contribution in [1.29, 1.82) is 0 Å². The van der Waals surface area contributed by atoms with Gasteiger partial charge in [-0.05, 0) is 42.5 Å². The predicted molar refractivity (Wildman–Crippen MR) is 104 cm³/mol. The molecule has 1 aliphatic heterocycles. The van der Waals surface area contributed by atoms with Gasteiger partial charge >= 0.3 is 0 Å². The maximum absolute atomic E-state index is 13.1. The summed E-state index contributed by atoms with van der Waals surface area (Å²) in [7, 11) is 0.